The summed E-state index contributed by atoms with van der Waals surface area (Å²) in [7, 11) is 0. The van der Waals surface area contributed by atoms with Crippen molar-refractivity contribution in [2.75, 3.05) is 16.8 Å². The average molecular weight is 395 g/mol. The Morgan fingerprint density at radius 1 is 1.04 bits per heavy atom. The highest BCUT2D eigenvalue weighted by Gasteiger charge is 2.39. The molecule has 28 heavy (non-hydrogen) atoms. The molecule has 146 valence electrons. The lowest BCUT2D eigenvalue weighted by Crippen LogP contribution is -2.58. The molecule has 1 saturated heterocycles. The fraction of sp³-hybridized carbons (Fsp3) is 0.167. The minimum atomic E-state index is -4.51. The highest BCUT2D eigenvalue weighted by atomic mass is 19.4. The molecule has 1 fully saturated rings. The molecular weight excluding hydrogens is 382 g/mol. The van der Waals surface area contributed by atoms with Gasteiger partial charge in [-0.15, -0.1) is 0 Å². The summed E-state index contributed by atoms with van der Waals surface area (Å²) in [5.41, 5.74) is -0.735. The Morgan fingerprint density at radius 3 is 2.21 bits per heavy atom. The van der Waals surface area contributed by atoms with Gasteiger partial charge in [0, 0.05) is 12.2 Å². The molecule has 2 N–H and O–H groups in total. The van der Waals surface area contributed by atoms with Gasteiger partial charge in [-0.25, -0.2) is 14.1 Å². The Balaban J connectivity index is 1.75. The van der Waals surface area contributed by atoms with Gasteiger partial charge in [0.1, 0.15) is 11.7 Å². The van der Waals surface area contributed by atoms with Crippen LogP contribution in [0, 0.1) is 11.7 Å². The van der Waals surface area contributed by atoms with Gasteiger partial charge in [0.25, 0.3) is 0 Å². The van der Waals surface area contributed by atoms with E-state index in [1.807, 2.05) is 0 Å². The van der Waals surface area contributed by atoms with Crippen LogP contribution in [0.2, 0.25) is 0 Å². The molecule has 1 atom stereocenters. The molecule has 0 aliphatic carbocycles. The number of benzene rings is 2. The van der Waals surface area contributed by atoms with E-state index in [4.69, 9.17) is 0 Å². The zero-order chi connectivity index (χ0) is 20.5. The topological polar surface area (TPSA) is 78.5 Å². The van der Waals surface area contributed by atoms with Crippen molar-refractivity contribution in [3.8, 4) is 0 Å². The zero-order valence-electron chi connectivity index (χ0n) is 14.1. The molecule has 1 unspecified atom stereocenters. The third kappa shape index (κ3) is 3.95. The van der Waals surface area contributed by atoms with E-state index in [-0.39, 0.29) is 17.9 Å². The minimum absolute atomic E-state index is 0.0658. The van der Waals surface area contributed by atoms with E-state index < -0.39 is 41.3 Å². The van der Waals surface area contributed by atoms with Gasteiger partial charge in [-0.1, -0.05) is 0 Å². The number of imide groups is 1. The summed E-state index contributed by atoms with van der Waals surface area (Å²) < 4.78 is 50.8. The summed E-state index contributed by atoms with van der Waals surface area (Å²) in [5.74, 6) is -3.49. The second-order valence-corrected chi connectivity index (χ2v) is 5.95. The summed E-state index contributed by atoms with van der Waals surface area (Å²) in [6.45, 7) is -0.276. The predicted molar refractivity (Wildman–Crippen MR) is 90.8 cm³/mol. The number of nitrogens with zero attached hydrogens (tertiary/aromatic N) is 1. The largest absolute Gasteiger partial charge is 0.416 e. The molecule has 1 aliphatic heterocycles. The summed E-state index contributed by atoms with van der Waals surface area (Å²) in [4.78, 5) is 37.7. The third-order valence-corrected chi connectivity index (χ3v) is 4.06. The van der Waals surface area contributed by atoms with E-state index in [9.17, 15) is 31.9 Å². The van der Waals surface area contributed by atoms with Crippen LogP contribution >= 0.6 is 0 Å². The first-order chi connectivity index (χ1) is 13.2. The van der Waals surface area contributed by atoms with Crippen molar-refractivity contribution in [1.82, 2.24) is 5.32 Å². The summed E-state index contributed by atoms with van der Waals surface area (Å²) in [6.07, 6.45) is -4.51. The van der Waals surface area contributed by atoms with E-state index in [0.29, 0.717) is 4.90 Å². The van der Waals surface area contributed by atoms with E-state index in [1.165, 1.54) is 12.1 Å². The molecule has 3 rings (SSSR count). The van der Waals surface area contributed by atoms with Crippen LogP contribution in [-0.4, -0.2) is 24.4 Å². The van der Waals surface area contributed by atoms with Gasteiger partial charge in [-0.3, -0.25) is 9.59 Å². The SMILES string of the molecule is O=C(Nc1ccc(C(F)(F)F)cc1)C1CNC(=O)N(c2ccc(F)cc2)C1=O. The van der Waals surface area contributed by atoms with Gasteiger partial charge in [-0.05, 0) is 48.5 Å². The fourth-order valence-corrected chi connectivity index (χ4v) is 2.62. The third-order valence-electron chi connectivity index (χ3n) is 4.06. The highest BCUT2D eigenvalue weighted by Crippen LogP contribution is 2.30. The Bertz CT molecular complexity index is 911. The maximum Gasteiger partial charge on any atom is 0.416 e. The highest BCUT2D eigenvalue weighted by molar-refractivity contribution is 6.23. The molecule has 1 aliphatic rings. The number of carbonyl (C=O) groups is 3. The van der Waals surface area contributed by atoms with Crippen LogP contribution in [0.1, 0.15) is 5.56 Å². The molecule has 0 aromatic heterocycles. The van der Waals surface area contributed by atoms with Crippen LogP contribution in [0.15, 0.2) is 48.5 Å². The number of nitrogens with one attached hydrogen (secondary N) is 2. The maximum absolute atomic E-state index is 13.1. The molecule has 0 radical (unpaired) electrons. The number of amides is 4. The number of carbonyl (C=O) groups excluding carboxylic acids is 3. The van der Waals surface area contributed by atoms with E-state index in [0.717, 1.165) is 36.4 Å². The van der Waals surface area contributed by atoms with Crippen molar-refractivity contribution in [2.45, 2.75) is 6.18 Å². The van der Waals surface area contributed by atoms with Gasteiger partial charge in [0.2, 0.25) is 11.8 Å². The van der Waals surface area contributed by atoms with Crippen LogP contribution in [0.3, 0.4) is 0 Å². The van der Waals surface area contributed by atoms with Gasteiger partial charge >= 0.3 is 12.2 Å². The summed E-state index contributed by atoms with van der Waals surface area (Å²) in [5, 5.41) is 4.74. The number of rotatable bonds is 3. The molecule has 4 amide bonds. The molecule has 2 aromatic carbocycles. The van der Waals surface area contributed by atoms with Crippen LogP contribution in [0.25, 0.3) is 0 Å². The van der Waals surface area contributed by atoms with Crippen molar-refractivity contribution in [3.63, 3.8) is 0 Å². The van der Waals surface area contributed by atoms with Crippen molar-refractivity contribution >= 4 is 29.2 Å². The first-order valence-electron chi connectivity index (χ1n) is 8.02. The van der Waals surface area contributed by atoms with Gasteiger partial charge in [0.05, 0.1) is 11.3 Å². The minimum Gasteiger partial charge on any atom is -0.336 e. The molecule has 0 spiro atoms. The quantitative estimate of drug-likeness (QED) is 0.619. The first kappa shape index (κ1) is 19.3. The molecule has 10 heteroatoms. The number of anilines is 2. The first-order valence-corrected chi connectivity index (χ1v) is 8.02. The fourth-order valence-electron chi connectivity index (χ4n) is 2.62. The van der Waals surface area contributed by atoms with Crippen LogP contribution in [0.4, 0.5) is 33.7 Å². The van der Waals surface area contributed by atoms with E-state index >= 15 is 0 Å². The van der Waals surface area contributed by atoms with E-state index in [2.05, 4.69) is 10.6 Å². The second-order valence-electron chi connectivity index (χ2n) is 5.95. The smallest absolute Gasteiger partial charge is 0.336 e. The molecule has 2 aromatic rings. The van der Waals surface area contributed by atoms with Gasteiger partial charge in [-0.2, -0.15) is 13.2 Å². The predicted octanol–water partition coefficient (Wildman–Crippen LogP) is 3.16. The summed E-state index contributed by atoms with van der Waals surface area (Å²) in [6, 6.07) is 7.48. The van der Waals surface area contributed by atoms with Gasteiger partial charge in [0.15, 0.2) is 0 Å². The molecule has 6 nitrogen and oxygen atoms in total. The van der Waals surface area contributed by atoms with Crippen molar-refractivity contribution < 1.29 is 31.9 Å². The maximum atomic E-state index is 13.1. The molecule has 1 heterocycles. The number of urea groups is 1. The Kier molecular flexibility index (Phi) is 5.04. The monoisotopic (exact) mass is 395 g/mol. The number of alkyl halides is 3. The van der Waals surface area contributed by atoms with Crippen molar-refractivity contribution in [1.29, 1.82) is 0 Å². The normalized spacial score (nSPS) is 17.3. The number of hydrogen-bond donors (Lipinski definition) is 2. The molecular formula is C18H13F4N3O3. The number of halogens is 4. The lowest BCUT2D eigenvalue weighted by atomic mass is 10.0. The molecule has 0 bridgehead atoms. The van der Waals surface area contributed by atoms with E-state index in [1.54, 1.807) is 0 Å². The lowest BCUT2D eigenvalue weighted by molar-refractivity contribution is -0.137. The second kappa shape index (κ2) is 7.29. The summed E-state index contributed by atoms with van der Waals surface area (Å²) >= 11 is 0. The molecule has 0 saturated carbocycles. The Morgan fingerprint density at radius 2 is 1.64 bits per heavy atom. The Labute approximate surface area is 156 Å². The van der Waals surface area contributed by atoms with Crippen molar-refractivity contribution in [3.05, 3.63) is 59.9 Å². The standard InChI is InChI=1S/C18H13F4N3O3/c19-11-3-7-13(8-4-11)25-16(27)14(9-23-17(25)28)15(26)24-12-5-1-10(2-6-12)18(20,21)22/h1-8,14H,9H2,(H,23,28)(H,24,26). The average Bonchev–Trinajstić information content (AvgIpc) is 2.63. The van der Waals surface area contributed by atoms with Crippen LogP contribution in [0.5, 0.6) is 0 Å². The lowest BCUT2D eigenvalue weighted by Gasteiger charge is -2.30. The van der Waals surface area contributed by atoms with Crippen LogP contribution in [-0.2, 0) is 15.8 Å². The number of hydrogen-bond acceptors (Lipinski definition) is 3. The zero-order valence-corrected chi connectivity index (χ0v) is 14.1. The Hall–Kier alpha value is -3.43. The van der Waals surface area contributed by atoms with Crippen LogP contribution < -0.4 is 15.5 Å². The van der Waals surface area contributed by atoms with Crippen molar-refractivity contribution in [2.24, 2.45) is 5.92 Å². The van der Waals surface area contributed by atoms with Gasteiger partial charge < -0.3 is 10.6 Å².